The molecule has 0 atom stereocenters. The van der Waals surface area contributed by atoms with Gasteiger partial charge in [0.05, 0.1) is 6.54 Å². The monoisotopic (exact) mass is 370 g/mol. The van der Waals surface area contributed by atoms with Crippen molar-refractivity contribution in [3.63, 3.8) is 0 Å². The van der Waals surface area contributed by atoms with Gasteiger partial charge >= 0.3 is 0 Å². The summed E-state index contributed by atoms with van der Waals surface area (Å²) < 4.78 is 1.55. The maximum atomic E-state index is 13.1. The Morgan fingerprint density at radius 2 is 1.75 bits per heavy atom. The van der Waals surface area contributed by atoms with E-state index in [0.29, 0.717) is 18.7 Å². The molecule has 0 aliphatic carbocycles. The largest absolute Gasteiger partial charge is 0.348 e. The molecular weight excluding hydrogens is 352 g/mol. The Morgan fingerprint density at radius 1 is 0.964 bits per heavy atom. The fourth-order valence-electron chi connectivity index (χ4n) is 3.06. The summed E-state index contributed by atoms with van der Waals surface area (Å²) in [4.78, 5) is 34.2. The standard InChI is InChI=1S/C22H18N4O2/c27-21(25-14-17-8-4-10-23-13-17)19-12-18-9-5-11-24-20(18)26(22(19)28)15-16-6-2-1-3-7-16/h1-13H,14-15H2,(H,25,27). The molecule has 0 aliphatic heterocycles. The quantitative estimate of drug-likeness (QED) is 0.586. The minimum absolute atomic E-state index is 0.0975. The first-order chi connectivity index (χ1) is 13.7. The van der Waals surface area contributed by atoms with E-state index in [1.807, 2.05) is 42.5 Å². The van der Waals surface area contributed by atoms with Gasteiger partial charge in [0.15, 0.2) is 0 Å². The van der Waals surface area contributed by atoms with Crippen LogP contribution in [0.1, 0.15) is 21.5 Å². The molecule has 0 spiro atoms. The van der Waals surface area contributed by atoms with Crippen LogP contribution in [0.15, 0.2) is 84.0 Å². The molecule has 4 rings (SSSR count). The van der Waals surface area contributed by atoms with Gasteiger partial charge in [-0.1, -0.05) is 36.4 Å². The van der Waals surface area contributed by atoms with Crippen molar-refractivity contribution in [2.24, 2.45) is 0 Å². The molecule has 6 nitrogen and oxygen atoms in total. The lowest BCUT2D eigenvalue weighted by atomic mass is 10.1. The number of hydrogen-bond acceptors (Lipinski definition) is 4. The molecule has 138 valence electrons. The van der Waals surface area contributed by atoms with Crippen LogP contribution in [-0.4, -0.2) is 20.4 Å². The Labute approximate surface area is 161 Å². The van der Waals surface area contributed by atoms with Crippen LogP contribution in [0, 0.1) is 0 Å². The Bertz CT molecular complexity index is 1170. The summed E-state index contributed by atoms with van der Waals surface area (Å²) >= 11 is 0. The highest BCUT2D eigenvalue weighted by molar-refractivity contribution is 5.96. The van der Waals surface area contributed by atoms with Gasteiger partial charge in [0.1, 0.15) is 11.2 Å². The third-order valence-corrected chi connectivity index (χ3v) is 4.45. The van der Waals surface area contributed by atoms with Crippen molar-refractivity contribution in [2.75, 3.05) is 0 Å². The molecule has 1 N–H and O–H groups in total. The number of nitrogens with zero attached hydrogens (tertiary/aromatic N) is 3. The van der Waals surface area contributed by atoms with Gasteiger partial charge in [-0.05, 0) is 35.4 Å². The molecule has 0 radical (unpaired) electrons. The van der Waals surface area contributed by atoms with Crippen LogP contribution in [0.3, 0.4) is 0 Å². The minimum atomic E-state index is -0.415. The van der Waals surface area contributed by atoms with Crippen LogP contribution in [-0.2, 0) is 13.1 Å². The molecule has 3 heterocycles. The number of carbonyl (C=O) groups excluding carboxylic acids is 1. The van der Waals surface area contributed by atoms with E-state index in [2.05, 4.69) is 15.3 Å². The number of hydrogen-bond donors (Lipinski definition) is 1. The van der Waals surface area contributed by atoms with Crippen molar-refractivity contribution >= 4 is 16.9 Å². The molecule has 0 bridgehead atoms. The van der Waals surface area contributed by atoms with E-state index >= 15 is 0 Å². The lowest BCUT2D eigenvalue weighted by Crippen LogP contribution is -2.33. The summed E-state index contributed by atoms with van der Waals surface area (Å²) in [5.74, 6) is -0.415. The van der Waals surface area contributed by atoms with Crippen LogP contribution in [0.2, 0.25) is 0 Å². The Kier molecular flexibility index (Phi) is 4.93. The summed E-state index contributed by atoms with van der Waals surface area (Å²) in [7, 11) is 0. The summed E-state index contributed by atoms with van der Waals surface area (Å²) in [5, 5.41) is 3.54. The Morgan fingerprint density at radius 3 is 2.54 bits per heavy atom. The molecule has 3 aromatic heterocycles. The highest BCUT2D eigenvalue weighted by Crippen LogP contribution is 2.13. The Hall–Kier alpha value is -3.80. The van der Waals surface area contributed by atoms with E-state index < -0.39 is 5.91 Å². The van der Waals surface area contributed by atoms with E-state index in [4.69, 9.17) is 0 Å². The van der Waals surface area contributed by atoms with E-state index in [-0.39, 0.29) is 11.1 Å². The fourth-order valence-corrected chi connectivity index (χ4v) is 3.06. The van der Waals surface area contributed by atoms with Crippen LogP contribution in [0.5, 0.6) is 0 Å². The minimum Gasteiger partial charge on any atom is -0.348 e. The Balaban J connectivity index is 1.71. The number of aromatic nitrogens is 3. The van der Waals surface area contributed by atoms with E-state index in [0.717, 1.165) is 16.5 Å². The van der Waals surface area contributed by atoms with E-state index in [1.165, 1.54) is 0 Å². The number of nitrogens with one attached hydrogen (secondary N) is 1. The van der Waals surface area contributed by atoms with Crippen molar-refractivity contribution < 1.29 is 4.79 Å². The second-order valence-electron chi connectivity index (χ2n) is 6.40. The molecule has 0 fully saturated rings. The van der Waals surface area contributed by atoms with Crippen molar-refractivity contribution in [3.8, 4) is 0 Å². The summed E-state index contributed by atoms with van der Waals surface area (Å²) in [6.07, 6.45) is 4.99. The van der Waals surface area contributed by atoms with Crippen LogP contribution in [0.4, 0.5) is 0 Å². The topological polar surface area (TPSA) is 76.9 Å². The summed E-state index contributed by atoms with van der Waals surface area (Å²) in [5.41, 5.74) is 2.12. The normalized spacial score (nSPS) is 10.7. The number of carbonyl (C=O) groups is 1. The predicted molar refractivity (Wildman–Crippen MR) is 107 cm³/mol. The number of pyridine rings is 3. The molecule has 6 heteroatoms. The lowest BCUT2D eigenvalue weighted by molar-refractivity contribution is 0.0949. The zero-order valence-electron chi connectivity index (χ0n) is 15.1. The van der Waals surface area contributed by atoms with Gasteiger partial charge in [0, 0.05) is 30.5 Å². The van der Waals surface area contributed by atoms with Crippen LogP contribution < -0.4 is 10.9 Å². The average molecular weight is 370 g/mol. The van der Waals surface area contributed by atoms with Gasteiger partial charge in [-0.3, -0.25) is 19.1 Å². The molecule has 0 saturated heterocycles. The van der Waals surface area contributed by atoms with Gasteiger partial charge in [-0.2, -0.15) is 0 Å². The molecule has 4 aromatic rings. The average Bonchev–Trinajstić information content (AvgIpc) is 2.75. The highest BCUT2D eigenvalue weighted by atomic mass is 16.2. The van der Waals surface area contributed by atoms with Gasteiger partial charge in [0.2, 0.25) is 0 Å². The molecule has 28 heavy (non-hydrogen) atoms. The number of benzene rings is 1. The highest BCUT2D eigenvalue weighted by Gasteiger charge is 2.16. The number of fused-ring (bicyclic) bond motifs is 1. The van der Waals surface area contributed by atoms with E-state index in [1.54, 1.807) is 41.4 Å². The van der Waals surface area contributed by atoms with Crippen LogP contribution in [0.25, 0.3) is 11.0 Å². The van der Waals surface area contributed by atoms with Crippen molar-refractivity contribution in [2.45, 2.75) is 13.1 Å². The first kappa shape index (κ1) is 17.6. The summed E-state index contributed by atoms with van der Waals surface area (Å²) in [6.45, 7) is 0.646. The summed E-state index contributed by atoms with van der Waals surface area (Å²) in [6, 6.07) is 18.5. The maximum Gasteiger partial charge on any atom is 0.265 e. The number of rotatable bonds is 5. The second kappa shape index (κ2) is 7.84. The molecule has 0 saturated carbocycles. The fraction of sp³-hybridized carbons (Fsp3) is 0.0909. The van der Waals surface area contributed by atoms with Gasteiger partial charge in [0.25, 0.3) is 11.5 Å². The lowest BCUT2D eigenvalue weighted by Gasteiger charge is -2.12. The molecule has 1 amide bonds. The third-order valence-electron chi connectivity index (χ3n) is 4.45. The van der Waals surface area contributed by atoms with Crippen molar-refractivity contribution in [1.82, 2.24) is 19.9 Å². The predicted octanol–water partition coefficient (Wildman–Crippen LogP) is 2.77. The molecule has 0 unspecified atom stereocenters. The zero-order valence-corrected chi connectivity index (χ0v) is 15.1. The van der Waals surface area contributed by atoms with Crippen molar-refractivity contribution in [3.05, 3.63) is 106 Å². The second-order valence-corrected chi connectivity index (χ2v) is 6.40. The van der Waals surface area contributed by atoms with Gasteiger partial charge in [-0.15, -0.1) is 0 Å². The van der Waals surface area contributed by atoms with Crippen molar-refractivity contribution in [1.29, 1.82) is 0 Å². The van der Waals surface area contributed by atoms with E-state index in [9.17, 15) is 9.59 Å². The van der Waals surface area contributed by atoms with Gasteiger partial charge < -0.3 is 5.32 Å². The smallest absolute Gasteiger partial charge is 0.265 e. The third kappa shape index (κ3) is 3.66. The molecule has 0 aliphatic rings. The SMILES string of the molecule is O=C(NCc1cccnc1)c1cc2cccnc2n(Cc2ccccc2)c1=O. The number of amides is 1. The zero-order chi connectivity index (χ0) is 19.3. The van der Waals surface area contributed by atoms with Gasteiger partial charge in [-0.25, -0.2) is 4.98 Å². The van der Waals surface area contributed by atoms with Crippen LogP contribution >= 0.6 is 0 Å². The maximum absolute atomic E-state index is 13.1. The first-order valence-corrected chi connectivity index (χ1v) is 8.92. The first-order valence-electron chi connectivity index (χ1n) is 8.92. The molecule has 1 aromatic carbocycles. The molecular formula is C22H18N4O2.